The highest BCUT2D eigenvalue weighted by atomic mass is 32.2. The molecule has 0 unspecified atom stereocenters. The van der Waals surface area contributed by atoms with Gasteiger partial charge >= 0.3 is 0 Å². The average Bonchev–Trinajstić information content (AvgIpc) is 3.27. The van der Waals surface area contributed by atoms with Crippen molar-refractivity contribution in [2.75, 3.05) is 4.72 Å². The van der Waals surface area contributed by atoms with Crippen LogP contribution < -0.4 is 9.46 Å². The quantitative estimate of drug-likeness (QED) is 0.447. The third kappa shape index (κ3) is 4.33. The molecule has 30 heavy (non-hydrogen) atoms. The molecule has 0 fully saturated rings. The Labute approximate surface area is 178 Å². The van der Waals surface area contributed by atoms with Gasteiger partial charge in [0.25, 0.3) is 10.0 Å². The molecule has 0 saturated heterocycles. The fraction of sp³-hybridized carbons (Fsp3) is 0. The van der Waals surface area contributed by atoms with Crippen molar-refractivity contribution in [3.63, 3.8) is 0 Å². The van der Waals surface area contributed by atoms with Gasteiger partial charge in [-0.3, -0.25) is 4.72 Å². The second-order valence-electron chi connectivity index (χ2n) is 6.20. The summed E-state index contributed by atoms with van der Waals surface area (Å²) in [6.45, 7) is 0. The number of sulfonamides is 1. The molecule has 0 aliphatic heterocycles. The lowest BCUT2D eigenvalue weighted by atomic mass is 10.1. The van der Waals surface area contributed by atoms with E-state index in [4.69, 9.17) is 4.74 Å². The number of nitriles is 1. The Bertz CT molecular complexity index is 1300. The van der Waals surface area contributed by atoms with Crippen LogP contribution in [0.3, 0.4) is 0 Å². The normalized spacial score (nSPS) is 10.9. The first-order chi connectivity index (χ1) is 14.5. The zero-order valence-electron chi connectivity index (χ0n) is 15.5. The van der Waals surface area contributed by atoms with E-state index in [1.165, 1.54) is 35.7 Å². The predicted molar refractivity (Wildman–Crippen MR) is 116 cm³/mol. The number of ether oxygens (including phenoxy) is 1. The minimum atomic E-state index is -3.85. The van der Waals surface area contributed by atoms with Crippen molar-refractivity contribution in [3.8, 4) is 28.7 Å². The van der Waals surface area contributed by atoms with Gasteiger partial charge in [0, 0.05) is 11.6 Å². The molecule has 0 bridgehead atoms. The van der Waals surface area contributed by atoms with Crippen LogP contribution in [0.25, 0.3) is 11.1 Å². The Balaban J connectivity index is 1.56. The molecule has 0 aliphatic carbocycles. The lowest BCUT2D eigenvalue weighted by Crippen LogP contribution is -2.13. The van der Waals surface area contributed by atoms with Crippen LogP contribution in [0.2, 0.25) is 0 Å². The van der Waals surface area contributed by atoms with Gasteiger partial charge in [-0.15, -0.1) is 11.3 Å². The maximum atomic E-state index is 12.5. The van der Waals surface area contributed by atoms with Crippen molar-refractivity contribution in [1.29, 1.82) is 5.26 Å². The van der Waals surface area contributed by atoms with E-state index in [-0.39, 0.29) is 21.3 Å². The SMILES string of the molecule is N#Cc1cc(S(=O)(=O)Nc2nccs2)ccc1Oc1ccc(-c2ccccc2)cc1. The number of benzene rings is 3. The Morgan fingerprint density at radius 3 is 2.37 bits per heavy atom. The summed E-state index contributed by atoms with van der Waals surface area (Å²) in [5, 5.41) is 11.4. The van der Waals surface area contributed by atoms with Crippen molar-refractivity contribution < 1.29 is 13.2 Å². The maximum Gasteiger partial charge on any atom is 0.263 e. The summed E-state index contributed by atoms with van der Waals surface area (Å²) >= 11 is 1.17. The molecular weight excluding hydrogens is 418 g/mol. The number of anilines is 1. The molecule has 0 atom stereocenters. The molecule has 1 aromatic heterocycles. The minimum absolute atomic E-state index is 0.0407. The third-order valence-corrected chi connectivity index (χ3v) is 6.38. The summed E-state index contributed by atoms with van der Waals surface area (Å²) in [4.78, 5) is 3.87. The number of hydrogen-bond donors (Lipinski definition) is 1. The summed E-state index contributed by atoms with van der Waals surface area (Å²) < 4.78 is 33.2. The highest BCUT2D eigenvalue weighted by molar-refractivity contribution is 7.93. The van der Waals surface area contributed by atoms with Gasteiger partial charge in [-0.25, -0.2) is 13.4 Å². The summed E-state index contributed by atoms with van der Waals surface area (Å²) in [6, 6.07) is 23.5. The van der Waals surface area contributed by atoms with Crippen molar-refractivity contribution in [3.05, 3.63) is 89.9 Å². The third-order valence-electron chi connectivity index (χ3n) is 4.23. The lowest BCUT2D eigenvalue weighted by molar-refractivity contribution is 0.480. The van der Waals surface area contributed by atoms with Crippen LogP contribution in [0.5, 0.6) is 11.5 Å². The van der Waals surface area contributed by atoms with Crippen LogP contribution in [0.1, 0.15) is 5.56 Å². The fourth-order valence-corrected chi connectivity index (χ4v) is 4.59. The number of nitrogens with one attached hydrogen (secondary N) is 1. The molecule has 148 valence electrons. The van der Waals surface area contributed by atoms with E-state index in [9.17, 15) is 13.7 Å². The van der Waals surface area contributed by atoms with Crippen molar-refractivity contribution >= 4 is 26.5 Å². The van der Waals surface area contributed by atoms with Gasteiger partial charge in [-0.05, 0) is 41.5 Å². The summed E-state index contributed by atoms with van der Waals surface area (Å²) in [7, 11) is -3.85. The smallest absolute Gasteiger partial charge is 0.263 e. The first kappa shape index (κ1) is 19.6. The van der Waals surface area contributed by atoms with Gasteiger partial charge in [0.1, 0.15) is 17.6 Å². The molecule has 0 aliphatic rings. The minimum Gasteiger partial charge on any atom is -0.456 e. The van der Waals surface area contributed by atoms with Gasteiger partial charge in [0.2, 0.25) is 0 Å². The molecular formula is C22H15N3O3S2. The van der Waals surface area contributed by atoms with Crippen molar-refractivity contribution in [2.24, 2.45) is 0 Å². The first-order valence-electron chi connectivity index (χ1n) is 8.85. The molecule has 0 amide bonds. The highest BCUT2D eigenvalue weighted by Gasteiger charge is 2.18. The Hall–Kier alpha value is -3.67. The average molecular weight is 434 g/mol. The molecule has 3 aromatic carbocycles. The monoisotopic (exact) mass is 433 g/mol. The Morgan fingerprint density at radius 2 is 1.70 bits per heavy atom. The van der Waals surface area contributed by atoms with E-state index in [2.05, 4.69) is 9.71 Å². The van der Waals surface area contributed by atoms with E-state index in [1.54, 1.807) is 17.5 Å². The molecule has 8 heteroatoms. The number of thiazole rings is 1. The van der Waals surface area contributed by atoms with Crippen LogP contribution in [0, 0.1) is 11.3 Å². The fourth-order valence-electron chi connectivity index (χ4n) is 2.77. The van der Waals surface area contributed by atoms with Gasteiger partial charge < -0.3 is 4.74 Å². The molecule has 4 rings (SSSR count). The van der Waals surface area contributed by atoms with Gasteiger partial charge in [0.15, 0.2) is 5.13 Å². The Morgan fingerprint density at radius 1 is 0.967 bits per heavy atom. The molecule has 1 N–H and O–H groups in total. The highest BCUT2D eigenvalue weighted by Crippen LogP contribution is 2.30. The number of nitrogens with zero attached hydrogens (tertiary/aromatic N) is 2. The molecule has 6 nitrogen and oxygen atoms in total. The van der Waals surface area contributed by atoms with Crippen LogP contribution in [0.4, 0.5) is 5.13 Å². The van der Waals surface area contributed by atoms with Crippen molar-refractivity contribution in [1.82, 2.24) is 4.98 Å². The van der Waals surface area contributed by atoms with Gasteiger partial charge in [-0.1, -0.05) is 42.5 Å². The standard InChI is InChI=1S/C22H15N3O3S2/c23-15-18-14-20(30(26,27)25-22-24-12-13-29-22)10-11-21(18)28-19-8-6-17(7-9-19)16-4-2-1-3-5-16/h1-14H,(H,24,25). The van der Waals surface area contributed by atoms with Crippen LogP contribution >= 0.6 is 11.3 Å². The Kier molecular flexibility index (Phi) is 5.48. The zero-order valence-corrected chi connectivity index (χ0v) is 17.2. The van der Waals surface area contributed by atoms with Gasteiger partial charge in [0.05, 0.1) is 10.5 Å². The number of rotatable bonds is 6. The van der Waals surface area contributed by atoms with Crippen LogP contribution in [-0.4, -0.2) is 13.4 Å². The molecule has 0 saturated carbocycles. The van der Waals surface area contributed by atoms with E-state index in [1.807, 2.05) is 48.5 Å². The zero-order chi connectivity index (χ0) is 21.0. The van der Waals surface area contributed by atoms with E-state index < -0.39 is 10.0 Å². The second-order valence-corrected chi connectivity index (χ2v) is 8.78. The van der Waals surface area contributed by atoms with Gasteiger partial charge in [-0.2, -0.15) is 5.26 Å². The van der Waals surface area contributed by atoms with E-state index >= 15 is 0 Å². The topological polar surface area (TPSA) is 92.1 Å². The van der Waals surface area contributed by atoms with Crippen LogP contribution in [-0.2, 0) is 10.0 Å². The van der Waals surface area contributed by atoms with Crippen LogP contribution in [0.15, 0.2) is 89.3 Å². The molecule has 4 aromatic rings. The second kappa shape index (κ2) is 8.37. The number of hydrogen-bond acceptors (Lipinski definition) is 6. The predicted octanol–water partition coefficient (Wildman–Crippen LogP) is 5.27. The molecule has 0 spiro atoms. The summed E-state index contributed by atoms with van der Waals surface area (Å²) in [5.74, 6) is 0.820. The molecule has 1 heterocycles. The summed E-state index contributed by atoms with van der Waals surface area (Å²) in [6.07, 6.45) is 1.50. The maximum absolute atomic E-state index is 12.5. The lowest BCUT2D eigenvalue weighted by Gasteiger charge is -2.11. The largest absolute Gasteiger partial charge is 0.456 e. The number of aromatic nitrogens is 1. The molecule has 0 radical (unpaired) electrons. The summed E-state index contributed by atoms with van der Waals surface area (Å²) in [5.41, 5.74) is 2.24. The first-order valence-corrected chi connectivity index (χ1v) is 11.2. The van der Waals surface area contributed by atoms with E-state index in [0.717, 1.165) is 11.1 Å². The van der Waals surface area contributed by atoms with Crippen molar-refractivity contribution in [2.45, 2.75) is 4.90 Å². The van der Waals surface area contributed by atoms with E-state index in [0.29, 0.717) is 5.75 Å².